The number of hydrogen-bond acceptors (Lipinski definition) is 4. The minimum Gasteiger partial charge on any atom is -0.349 e. The second-order valence-corrected chi connectivity index (χ2v) is 8.16. The molecule has 1 fully saturated rings. The lowest BCUT2D eigenvalue weighted by Crippen LogP contribution is -2.42. The van der Waals surface area contributed by atoms with Crippen molar-refractivity contribution >= 4 is 28.2 Å². The van der Waals surface area contributed by atoms with Gasteiger partial charge < -0.3 is 10.6 Å². The van der Waals surface area contributed by atoms with Crippen LogP contribution >= 0.6 is 12.4 Å². The molecule has 3 atom stereocenters. The highest BCUT2D eigenvalue weighted by Crippen LogP contribution is 2.20. The molecule has 0 spiro atoms. The summed E-state index contributed by atoms with van der Waals surface area (Å²) in [5.41, 5.74) is 0.905. The molecule has 2 N–H and O–H groups in total. The van der Waals surface area contributed by atoms with E-state index >= 15 is 0 Å². The van der Waals surface area contributed by atoms with E-state index < -0.39 is 9.84 Å². The molecule has 2 rings (SSSR count). The Kier molecular flexibility index (Phi) is 7.04. The third-order valence-electron chi connectivity index (χ3n) is 4.16. The molecule has 5 nitrogen and oxygen atoms in total. The predicted octanol–water partition coefficient (Wildman–Crippen LogP) is 2.08. The quantitative estimate of drug-likeness (QED) is 0.862. The maximum Gasteiger partial charge on any atom is 0.223 e. The lowest BCUT2D eigenvalue weighted by Gasteiger charge is -2.28. The van der Waals surface area contributed by atoms with Gasteiger partial charge >= 0.3 is 0 Å². The van der Waals surface area contributed by atoms with Crippen LogP contribution in [-0.4, -0.2) is 33.2 Å². The van der Waals surface area contributed by atoms with E-state index in [2.05, 4.69) is 17.6 Å². The van der Waals surface area contributed by atoms with E-state index in [1.807, 2.05) is 6.92 Å². The fraction of sp³-hybridized carbons (Fsp3) is 0.562. The smallest absolute Gasteiger partial charge is 0.223 e. The topological polar surface area (TPSA) is 75.3 Å². The molecule has 1 amide bonds. The summed E-state index contributed by atoms with van der Waals surface area (Å²) >= 11 is 0. The summed E-state index contributed by atoms with van der Waals surface area (Å²) in [7, 11) is -3.19. The first-order valence-electron chi connectivity index (χ1n) is 7.61. The Bertz CT molecular complexity index is 631. The Morgan fingerprint density at radius 3 is 2.43 bits per heavy atom. The molecule has 1 unspecified atom stereocenters. The van der Waals surface area contributed by atoms with Gasteiger partial charge in [0.05, 0.1) is 10.9 Å². The number of amides is 1. The lowest BCUT2D eigenvalue weighted by molar-refractivity contribution is -0.126. The number of hydrogen-bond donors (Lipinski definition) is 2. The average Bonchev–Trinajstić information content (AvgIpc) is 2.46. The minimum atomic E-state index is -3.19. The molecule has 1 aliphatic heterocycles. The first kappa shape index (κ1) is 19.9. The summed E-state index contributed by atoms with van der Waals surface area (Å²) in [4.78, 5) is 12.6. The average molecular weight is 361 g/mol. The van der Waals surface area contributed by atoms with Crippen molar-refractivity contribution in [3.05, 3.63) is 29.8 Å². The van der Waals surface area contributed by atoms with Crippen molar-refractivity contribution in [2.24, 2.45) is 5.92 Å². The Balaban J connectivity index is 0.00000264. The van der Waals surface area contributed by atoms with Gasteiger partial charge in [-0.15, -0.1) is 12.4 Å². The van der Waals surface area contributed by atoms with Crippen molar-refractivity contribution < 1.29 is 13.2 Å². The molecular formula is C16H25ClN2O3S. The van der Waals surface area contributed by atoms with Crippen LogP contribution in [0.15, 0.2) is 29.2 Å². The van der Waals surface area contributed by atoms with Gasteiger partial charge in [0.1, 0.15) is 0 Å². The van der Waals surface area contributed by atoms with Gasteiger partial charge in [0, 0.05) is 18.2 Å². The Hall–Kier alpha value is -1.11. The number of sulfone groups is 1. The monoisotopic (exact) mass is 360 g/mol. The van der Waals surface area contributed by atoms with Crippen molar-refractivity contribution in [3.63, 3.8) is 0 Å². The zero-order valence-corrected chi connectivity index (χ0v) is 15.3. The Morgan fingerprint density at radius 2 is 1.91 bits per heavy atom. The molecule has 0 saturated carbocycles. The number of carbonyl (C=O) groups excluding carboxylic acids is 1. The first-order chi connectivity index (χ1) is 10.3. The van der Waals surface area contributed by atoms with E-state index in [1.54, 1.807) is 24.3 Å². The van der Waals surface area contributed by atoms with E-state index in [1.165, 1.54) is 6.26 Å². The van der Waals surface area contributed by atoms with Crippen LogP contribution in [0.4, 0.5) is 0 Å². The van der Waals surface area contributed by atoms with Crippen LogP contribution in [0.1, 0.15) is 38.3 Å². The van der Waals surface area contributed by atoms with E-state index in [0.29, 0.717) is 10.9 Å². The SMILES string of the molecule is CC(NC(=O)[C@H]1CCN[C@@H](C)C1)c1ccc(S(C)(=O)=O)cc1.Cl. The van der Waals surface area contributed by atoms with Crippen molar-refractivity contribution in [1.29, 1.82) is 0 Å². The predicted molar refractivity (Wildman–Crippen MR) is 93.5 cm³/mol. The summed E-state index contributed by atoms with van der Waals surface area (Å²) in [5, 5.41) is 6.36. The molecule has 1 saturated heterocycles. The van der Waals surface area contributed by atoms with Gasteiger partial charge in [-0.1, -0.05) is 12.1 Å². The molecule has 1 aliphatic rings. The molecule has 0 radical (unpaired) electrons. The van der Waals surface area contributed by atoms with E-state index in [4.69, 9.17) is 0 Å². The molecule has 23 heavy (non-hydrogen) atoms. The highest BCUT2D eigenvalue weighted by atomic mass is 35.5. The molecule has 1 heterocycles. The molecule has 7 heteroatoms. The molecule has 0 bridgehead atoms. The Labute approximate surface area is 144 Å². The number of nitrogens with one attached hydrogen (secondary N) is 2. The zero-order valence-electron chi connectivity index (χ0n) is 13.7. The van der Waals surface area contributed by atoms with Crippen LogP contribution in [0.3, 0.4) is 0 Å². The van der Waals surface area contributed by atoms with Gasteiger partial charge in [0.25, 0.3) is 0 Å². The van der Waals surface area contributed by atoms with Gasteiger partial charge in [-0.05, 0) is 50.9 Å². The molecule has 0 aliphatic carbocycles. The number of halogens is 1. The highest BCUT2D eigenvalue weighted by molar-refractivity contribution is 7.90. The van der Waals surface area contributed by atoms with E-state index in [9.17, 15) is 13.2 Å². The van der Waals surface area contributed by atoms with Gasteiger partial charge in [-0.2, -0.15) is 0 Å². The fourth-order valence-electron chi connectivity index (χ4n) is 2.79. The van der Waals surface area contributed by atoms with Crippen LogP contribution < -0.4 is 10.6 Å². The van der Waals surface area contributed by atoms with Crippen LogP contribution in [0.2, 0.25) is 0 Å². The summed E-state index contributed by atoms with van der Waals surface area (Å²) in [6, 6.07) is 6.92. The van der Waals surface area contributed by atoms with Crippen molar-refractivity contribution in [3.8, 4) is 0 Å². The molecule has 0 aromatic heterocycles. The van der Waals surface area contributed by atoms with Crippen LogP contribution in [-0.2, 0) is 14.6 Å². The normalized spacial score (nSPS) is 22.7. The first-order valence-corrected chi connectivity index (χ1v) is 9.50. The molecule has 1 aromatic rings. The second-order valence-electron chi connectivity index (χ2n) is 6.15. The molecular weight excluding hydrogens is 336 g/mol. The van der Waals surface area contributed by atoms with Crippen LogP contribution in [0.25, 0.3) is 0 Å². The maximum absolute atomic E-state index is 12.3. The maximum atomic E-state index is 12.3. The molecule has 130 valence electrons. The number of carbonyl (C=O) groups is 1. The zero-order chi connectivity index (χ0) is 16.3. The van der Waals surface area contributed by atoms with Gasteiger partial charge in [-0.3, -0.25) is 4.79 Å². The summed E-state index contributed by atoms with van der Waals surface area (Å²) in [6.07, 6.45) is 2.90. The van der Waals surface area contributed by atoms with Gasteiger partial charge in [-0.25, -0.2) is 8.42 Å². The largest absolute Gasteiger partial charge is 0.349 e. The highest BCUT2D eigenvalue weighted by Gasteiger charge is 2.25. The third kappa shape index (κ3) is 5.48. The number of rotatable bonds is 4. The number of benzene rings is 1. The lowest BCUT2D eigenvalue weighted by atomic mass is 9.92. The standard InChI is InChI=1S/C16H24N2O3S.ClH/c1-11-10-14(8-9-17-11)16(19)18-12(2)13-4-6-15(7-5-13)22(3,20)21;/h4-7,11-12,14,17H,8-10H2,1-3H3,(H,18,19);1H/t11-,12?,14-;/m0./s1. The van der Waals surface area contributed by atoms with Crippen molar-refractivity contribution in [2.45, 2.75) is 43.7 Å². The Morgan fingerprint density at radius 1 is 1.30 bits per heavy atom. The van der Waals surface area contributed by atoms with Crippen molar-refractivity contribution in [1.82, 2.24) is 10.6 Å². The number of piperidine rings is 1. The summed E-state index contributed by atoms with van der Waals surface area (Å²) in [6.45, 7) is 4.88. The molecule has 1 aromatic carbocycles. The van der Waals surface area contributed by atoms with Crippen LogP contribution in [0.5, 0.6) is 0 Å². The van der Waals surface area contributed by atoms with Crippen molar-refractivity contribution in [2.75, 3.05) is 12.8 Å². The van der Waals surface area contributed by atoms with Crippen LogP contribution in [0, 0.1) is 5.92 Å². The third-order valence-corrected chi connectivity index (χ3v) is 5.29. The second kappa shape index (κ2) is 8.13. The van der Waals surface area contributed by atoms with Gasteiger partial charge in [0.2, 0.25) is 5.91 Å². The summed E-state index contributed by atoms with van der Waals surface area (Å²) in [5.74, 6) is 0.127. The van der Waals surface area contributed by atoms with E-state index in [-0.39, 0.29) is 30.3 Å². The van der Waals surface area contributed by atoms with Gasteiger partial charge in [0.15, 0.2) is 9.84 Å². The fourth-order valence-corrected chi connectivity index (χ4v) is 3.42. The minimum absolute atomic E-state index is 0. The summed E-state index contributed by atoms with van der Waals surface area (Å²) < 4.78 is 22.9. The van der Waals surface area contributed by atoms with E-state index in [0.717, 1.165) is 24.9 Å².